The van der Waals surface area contributed by atoms with Gasteiger partial charge in [0.25, 0.3) is 0 Å². The monoisotopic (exact) mass is 252 g/mol. The van der Waals surface area contributed by atoms with Crippen LogP contribution in [0.2, 0.25) is 0 Å². The van der Waals surface area contributed by atoms with Crippen molar-refractivity contribution >= 4 is 5.97 Å². The van der Waals surface area contributed by atoms with Crippen molar-refractivity contribution in [3.8, 4) is 0 Å². The summed E-state index contributed by atoms with van der Waals surface area (Å²) < 4.78 is 15.7. The summed E-state index contributed by atoms with van der Waals surface area (Å²) in [5, 5.41) is 8.61. The van der Waals surface area contributed by atoms with E-state index < -0.39 is 5.97 Å². The molecule has 0 aromatic heterocycles. The quantitative estimate of drug-likeness (QED) is 0.758. The molecule has 18 heavy (non-hydrogen) atoms. The number of carboxylic acids is 1. The summed E-state index contributed by atoms with van der Waals surface area (Å²) in [5.41, 5.74) is 0.788. The maximum atomic E-state index is 10.5. The molecule has 5 heteroatoms. The molecule has 1 aliphatic rings. The van der Waals surface area contributed by atoms with Crippen molar-refractivity contribution in [1.29, 1.82) is 0 Å². The summed E-state index contributed by atoms with van der Waals surface area (Å²) in [5.74, 6) is 0.544. The molecular formula is C13H16O5. The number of hydrogen-bond acceptors (Lipinski definition) is 4. The molecule has 1 rings (SSSR count). The summed E-state index contributed by atoms with van der Waals surface area (Å²) in [6, 6.07) is 0. The number of carbonyl (C=O) groups is 1. The molecule has 0 amide bonds. The van der Waals surface area contributed by atoms with Crippen molar-refractivity contribution in [2.24, 2.45) is 0 Å². The molecule has 0 fully saturated rings. The van der Waals surface area contributed by atoms with E-state index in [9.17, 15) is 4.79 Å². The molecule has 0 saturated carbocycles. The predicted molar refractivity (Wildman–Crippen MR) is 65.6 cm³/mol. The van der Waals surface area contributed by atoms with Crippen LogP contribution in [0.3, 0.4) is 0 Å². The van der Waals surface area contributed by atoms with Crippen LogP contribution in [0.4, 0.5) is 0 Å². The summed E-state index contributed by atoms with van der Waals surface area (Å²) in [6.45, 7) is 0. The maximum absolute atomic E-state index is 10.5. The first kappa shape index (κ1) is 13.9. The van der Waals surface area contributed by atoms with Crippen LogP contribution in [0.25, 0.3) is 0 Å². The van der Waals surface area contributed by atoms with Crippen molar-refractivity contribution in [3.05, 3.63) is 47.2 Å². The molecule has 1 N–H and O–H groups in total. The first-order valence-electron chi connectivity index (χ1n) is 5.30. The number of rotatable bonds is 5. The van der Waals surface area contributed by atoms with E-state index in [4.69, 9.17) is 19.3 Å². The van der Waals surface area contributed by atoms with E-state index >= 15 is 0 Å². The fourth-order valence-electron chi connectivity index (χ4n) is 1.54. The highest BCUT2D eigenvalue weighted by molar-refractivity contribution is 5.80. The van der Waals surface area contributed by atoms with Gasteiger partial charge >= 0.3 is 5.97 Å². The van der Waals surface area contributed by atoms with Gasteiger partial charge in [-0.15, -0.1) is 0 Å². The van der Waals surface area contributed by atoms with E-state index in [2.05, 4.69) is 0 Å². The van der Waals surface area contributed by atoms with E-state index in [0.29, 0.717) is 23.7 Å². The third-order valence-electron chi connectivity index (χ3n) is 2.37. The molecule has 0 radical (unpaired) electrons. The molecule has 0 aromatic rings. The Labute approximate surface area is 106 Å². The molecule has 5 nitrogen and oxygen atoms in total. The Bertz CT molecular complexity index is 440. The van der Waals surface area contributed by atoms with Crippen LogP contribution in [0.1, 0.15) is 6.42 Å². The standard InChI is InChI=1S/C13H16O5/c1-16-10-6-4-9(5-7-12(14)15)8-11(17-2)13(10)18-3/h5-8H,4H2,1-3H3,(H,14,15)/b7-5+. The Morgan fingerprint density at radius 2 is 2.00 bits per heavy atom. The minimum absolute atomic E-state index is 0.485. The Balaban J connectivity index is 3.14. The number of allylic oxidation sites excluding steroid dienone is 4. The summed E-state index contributed by atoms with van der Waals surface area (Å²) >= 11 is 0. The topological polar surface area (TPSA) is 65.0 Å². The van der Waals surface area contributed by atoms with Gasteiger partial charge in [0, 0.05) is 6.08 Å². The molecule has 0 atom stereocenters. The number of hydrogen-bond donors (Lipinski definition) is 1. The molecule has 0 aliphatic heterocycles. The summed E-state index contributed by atoms with van der Waals surface area (Å²) in [6.07, 6.45) is 6.66. The van der Waals surface area contributed by atoms with Crippen molar-refractivity contribution in [1.82, 2.24) is 0 Å². The molecule has 0 aromatic carbocycles. The molecular weight excluding hydrogens is 236 g/mol. The molecule has 0 heterocycles. The van der Waals surface area contributed by atoms with E-state index in [1.807, 2.05) is 6.08 Å². The van der Waals surface area contributed by atoms with Crippen molar-refractivity contribution in [3.63, 3.8) is 0 Å². The number of ether oxygens (including phenoxy) is 3. The molecule has 0 saturated heterocycles. The van der Waals surface area contributed by atoms with Gasteiger partial charge in [-0.25, -0.2) is 4.79 Å². The van der Waals surface area contributed by atoms with Crippen molar-refractivity contribution in [2.75, 3.05) is 21.3 Å². The van der Waals surface area contributed by atoms with Crippen LogP contribution in [-0.4, -0.2) is 32.4 Å². The van der Waals surface area contributed by atoms with Crippen molar-refractivity contribution in [2.45, 2.75) is 6.42 Å². The Morgan fingerprint density at radius 1 is 1.28 bits per heavy atom. The van der Waals surface area contributed by atoms with Gasteiger partial charge < -0.3 is 19.3 Å². The summed E-state index contributed by atoms with van der Waals surface area (Å²) in [4.78, 5) is 10.5. The van der Waals surface area contributed by atoms with E-state index in [1.54, 1.807) is 6.08 Å². The zero-order chi connectivity index (χ0) is 13.5. The first-order chi connectivity index (χ1) is 8.62. The first-order valence-corrected chi connectivity index (χ1v) is 5.30. The lowest BCUT2D eigenvalue weighted by Gasteiger charge is -2.11. The van der Waals surface area contributed by atoms with Crippen LogP contribution < -0.4 is 0 Å². The van der Waals surface area contributed by atoms with Crippen LogP contribution in [-0.2, 0) is 19.0 Å². The van der Waals surface area contributed by atoms with Gasteiger partial charge in [-0.2, -0.15) is 0 Å². The highest BCUT2D eigenvalue weighted by atomic mass is 16.5. The van der Waals surface area contributed by atoms with Gasteiger partial charge in [0.05, 0.1) is 21.3 Å². The largest absolute Gasteiger partial charge is 0.493 e. The highest BCUT2D eigenvalue weighted by Crippen LogP contribution is 2.25. The fraction of sp³-hybridized carbons (Fsp3) is 0.308. The highest BCUT2D eigenvalue weighted by Gasteiger charge is 2.16. The molecule has 0 bridgehead atoms. The van der Waals surface area contributed by atoms with E-state index in [1.165, 1.54) is 27.4 Å². The van der Waals surface area contributed by atoms with Crippen LogP contribution in [0.5, 0.6) is 0 Å². The van der Waals surface area contributed by atoms with Crippen LogP contribution in [0, 0.1) is 0 Å². The van der Waals surface area contributed by atoms with Gasteiger partial charge in [-0.3, -0.25) is 0 Å². The van der Waals surface area contributed by atoms with Crippen molar-refractivity contribution < 1.29 is 24.1 Å². The van der Waals surface area contributed by atoms with Gasteiger partial charge in [0.2, 0.25) is 5.76 Å². The average Bonchev–Trinajstić information content (AvgIpc) is 2.54. The number of aliphatic carboxylic acids is 1. The normalized spacial score (nSPS) is 15.9. The zero-order valence-electron chi connectivity index (χ0n) is 10.6. The number of methoxy groups -OCH3 is 3. The van der Waals surface area contributed by atoms with Gasteiger partial charge in [-0.1, -0.05) is 6.08 Å². The Morgan fingerprint density at radius 3 is 2.50 bits per heavy atom. The fourth-order valence-corrected chi connectivity index (χ4v) is 1.54. The van der Waals surface area contributed by atoms with Gasteiger partial charge in [0.1, 0.15) is 0 Å². The predicted octanol–water partition coefficient (Wildman–Crippen LogP) is 1.99. The van der Waals surface area contributed by atoms with Gasteiger partial charge in [-0.05, 0) is 24.1 Å². The minimum atomic E-state index is -0.994. The zero-order valence-corrected chi connectivity index (χ0v) is 10.6. The lowest BCUT2D eigenvalue weighted by Crippen LogP contribution is -1.99. The Kier molecular flexibility index (Phi) is 5.05. The maximum Gasteiger partial charge on any atom is 0.328 e. The summed E-state index contributed by atoms with van der Waals surface area (Å²) in [7, 11) is 4.57. The third kappa shape index (κ3) is 3.41. The molecule has 0 spiro atoms. The lowest BCUT2D eigenvalue weighted by atomic mass is 10.1. The Hall–Kier alpha value is -2.17. The third-order valence-corrected chi connectivity index (χ3v) is 2.37. The number of carboxylic acid groups (broad SMARTS) is 1. The second-order valence-electron chi connectivity index (χ2n) is 3.47. The second kappa shape index (κ2) is 6.54. The SMILES string of the molecule is COC1=CCC(/C=C/C(=O)O)=CC(OC)=C1OC. The van der Waals surface area contributed by atoms with E-state index in [-0.39, 0.29) is 0 Å². The second-order valence-corrected chi connectivity index (χ2v) is 3.47. The molecule has 0 unspecified atom stereocenters. The lowest BCUT2D eigenvalue weighted by molar-refractivity contribution is -0.131. The van der Waals surface area contributed by atoms with E-state index in [0.717, 1.165) is 11.6 Å². The molecule has 1 aliphatic carbocycles. The minimum Gasteiger partial charge on any atom is -0.493 e. The van der Waals surface area contributed by atoms with Crippen LogP contribution >= 0.6 is 0 Å². The van der Waals surface area contributed by atoms with Crippen LogP contribution in [0.15, 0.2) is 47.2 Å². The molecule has 98 valence electrons. The average molecular weight is 252 g/mol. The van der Waals surface area contributed by atoms with Gasteiger partial charge in [0.15, 0.2) is 11.5 Å². The smallest absolute Gasteiger partial charge is 0.328 e.